The van der Waals surface area contributed by atoms with Gasteiger partial charge in [0.15, 0.2) is 6.61 Å². The lowest BCUT2D eigenvalue weighted by Crippen LogP contribution is -2.32. The Labute approximate surface area is 195 Å². The average Bonchev–Trinajstić information content (AvgIpc) is 3.18. The van der Waals surface area contributed by atoms with Gasteiger partial charge < -0.3 is 9.72 Å². The standard InChI is InChI=1S/C26H21N3O3S/c1-16-17(2)28-25(27-16)18-11-13-19(14-12-18)26(31)32-15-24(30)29-20-7-3-5-9-22(20)33-23-10-6-4-8-21(23)29/h3-14H,15H2,1-2H3,(H,27,28). The zero-order valence-corrected chi connectivity index (χ0v) is 19.0. The van der Waals surface area contributed by atoms with Crippen molar-refractivity contribution in [3.63, 3.8) is 0 Å². The number of amides is 1. The van der Waals surface area contributed by atoms with Gasteiger partial charge in [0.05, 0.1) is 22.6 Å². The molecule has 1 aliphatic rings. The average molecular weight is 456 g/mol. The number of ether oxygens (including phenoxy) is 1. The number of hydrogen-bond acceptors (Lipinski definition) is 5. The van der Waals surface area contributed by atoms with Crippen molar-refractivity contribution in [1.82, 2.24) is 9.97 Å². The molecule has 0 atom stereocenters. The van der Waals surface area contributed by atoms with Crippen molar-refractivity contribution in [1.29, 1.82) is 0 Å². The highest BCUT2D eigenvalue weighted by Crippen LogP contribution is 2.47. The number of esters is 1. The van der Waals surface area contributed by atoms with E-state index in [0.717, 1.165) is 43.9 Å². The lowest BCUT2D eigenvalue weighted by molar-refractivity contribution is -0.121. The summed E-state index contributed by atoms with van der Waals surface area (Å²) in [7, 11) is 0. The normalized spacial score (nSPS) is 12.1. The molecule has 4 aromatic rings. The number of H-pyrrole nitrogens is 1. The number of hydrogen-bond donors (Lipinski definition) is 1. The Hall–Kier alpha value is -3.84. The predicted molar refractivity (Wildman–Crippen MR) is 128 cm³/mol. The second kappa shape index (κ2) is 8.60. The molecular weight excluding hydrogens is 434 g/mol. The molecule has 0 unspecified atom stereocenters. The first-order valence-corrected chi connectivity index (χ1v) is 11.3. The Bertz CT molecular complexity index is 1300. The van der Waals surface area contributed by atoms with Gasteiger partial charge in [-0.1, -0.05) is 48.2 Å². The second-order valence-electron chi connectivity index (χ2n) is 7.72. The number of nitrogens with zero attached hydrogens (tertiary/aromatic N) is 2. The largest absolute Gasteiger partial charge is 0.452 e. The topological polar surface area (TPSA) is 75.3 Å². The van der Waals surface area contributed by atoms with Gasteiger partial charge in [0.1, 0.15) is 5.82 Å². The summed E-state index contributed by atoms with van der Waals surface area (Å²) in [5.74, 6) is -0.100. The Kier molecular flexibility index (Phi) is 5.48. The minimum absolute atomic E-state index is 0.304. The summed E-state index contributed by atoms with van der Waals surface area (Å²) in [6.07, 6.45) is 0. The van der Waals surface area contributed by atoms with Crippen molar-refractivity contribution in [3.05, 3.63) is 89.7 Å². The summed E-state index contributed by atoms with van der Waals surface area (Å²) >= 11 is 1.62. The van der Waals surface area contributed by atoms with Gasteiger partial charge >= 0.3 is 5.97 Å². The zero-order valence-electron chi connectivity index (χ0n) is 18.2. The highest BCUT2D eigenvalue weighted by atomic mass is 32.2. The number of aromatic amines is 1. The molecule has 0 aliphatic carbocycles. The molecule has 1 aromatic heterocycles. The van der Waals surface area contributed by atoms with Crippen LogP contribution in [0.2, 0.25) is 0 Å². The number of carbonyl (C=O) groups excluding carboxylic acids is 2. The lowest BCUT2D eigenvalue weighted by Gasteiger charge is -2.30. The fourth-order valence-electron chi connectivity index (χ4n) is 3.70. The van der Waals surface area contributed by atoms with E-state index in [2.05, 4.69) is 9.97 Å². The van der Waals surface area contributed by atoms with Crippen LogP contribution in [0.4, 0.5) is 11.4 Å². The van der Waals surface area contributed by atoms with E-state index in [9.17, 15) is 9.59 Å². The SMILES string of the molecule is Cc1nc(-c2ccc(C(=O)OCC(=O)N3c4ccccc4Sc4ccccc43)cc2)[nH]c1C. The monoisotopic (exact) mass is 455 g/mol. The molecular formula is C26H21N3O3S. The van der Waals surface area contributed by atoms with Crippen molar-refractivity contribution in [2.45, 2.75) is 23.6 Å². The molecule has 0 bridgehead atoms. The Morgan fingerprint density at radius 3 is 2.09 bits per heavy atom. The van der Waals surface area contributed by atoms with Crippen LogP contribution in [0.15, 0.2) is 82.6 Å². The summed E-state index contributed by atoms with van der Waals surface area (Å²) in [5, 5.41) is 0. The predicted octanol–water partition coefficient (Wildman–Crippen LogP) is 5.68. The van der Waals surface area contributed by atoms with Crippen LogP contribution < -0.4 is 4.90 Å². The third-order valence-electron chi connectivity index (χ3n) is 5.53. The number of fused-ring (bicyclic) bond motifs is 2. The molecule has 5 rings (SSSR count). The van der Waals surface area contributed by atoms with Gasteiger partial charge in [-0.15, -0.1) is 0 Å². The number of nitrogens with one attached hydrogen (secondary N) is 1. The zero-order chi connectivity index (χ0) is 22.9. The molecule has 0 saturated heterocycles. The number of benzene rings is 3. The molecule has 3 aromatic carbocycles. The molecule has 1 N–H and O–H groups in total. The molecule has 164 valence electrons. The van der Waals surface area contributed by atoms with Crippen molar-refractivity contribution in [3.8, 4) is 11.4 Å². The Morgan fingerprint density at radius 1 is 0.909 bits per heavy atom. The van der Waals surface area contributed by atoms with E-state index >= 15 is 0 Å². The van der Waals surface area contributed by atoms with Gasteiger partial charge in [0, 0.05) is 21.0 Å². The van der Waals surface area contributed by atoms with Crippen molar-refractivity contribution >= 4 is 35.0 Å². The van der Waals surface area contributed by atoms with Crippen LogP contribution in [0.5, 0.6) is 0 Å². The van der Waals surface area contributed by atoms with Gasteiger partial charge in [-0.3, -0.25) is 9.69 Å². The molecule has 0 spiro atoms. The lowest BCUT2D eigenvalue weighted by atomic mass is 10.1. The number of anilines is 2. The third kappa shape index (κ3) is 4.03. The number of rotatable bonds is 4. The van der Waals surface area contributed by atoms with Crippen LogP contribution in [-0.4, -0.2) is 28.5 Å². The van der Waals surface area contributed by atoms with Crippen molar-refractivity contribution < 1.29 is 14.3 Å². The summed E-state index contributed by atoms with van der Waals surface area (Å²) < 4.78 is 5.38. The fourth-order valence-corrected chi connectivity index (χ4v) is 4.75. The van der Waals surface area contributed by atoms with E-state index in [1.54, 1.807) is 28.8 Å². The van der Waals surface area contributed by atoms with Crippen LogP contribution >= 0.6 is 11.8 Å². The maximum Gasteiger partial charge on any atom is 0.338 e. The number of aromatic nitrogens is 2. The highest BCUT2D eigenvalue weighted by Gasteiger charge is 2.28. The van der Waals surface area contributed by atoms with Crippen LogP contribution in [0.25, 0.3) is 11.4 Å². The molecule has 0 radical (unpaired) electrons. The highest BCUT2D eigenvalue weighted by molar-refractivity contribution is 7.99. The summed E-state index contributed by atoms with van der Waals surface area (Å²) in [4.78, 5) is 37.1. The first-order chi connectivity index (χ1) is 16.0. The maximum atomic E-state index is 13.2. The number of aryl methyl sites for hydroxylation is 2. The smallest absolute Gasteiger partial charge is 0.338 e. The molecule has 1 aliphatic heterocycles. The minimum atomic E-state index is -0.547. The van der Waals surface area contributed by atoms with Gasteiger partial charge in [0.25, 0.3) is 5.91 Å². The summed E-state index contributed by atoms with van der Waals surface area (Å²) in [6, 6.07) is 22.4. The van der Waals surface area contributed by atoms with E-state index in [-0.39, 0.29) is 12.5 Å². The number of carbonyl (C=O) groups is 2. The Morgan fingerprint density at radius 2 is 1.52 bits per heavy atom. The van der Waals surface area contributed by atoms with Gasteiger partial charge in [-0.05, 0) is 50.2 Å². The van der Waals surface area contributed by atoms with Crippen LogP contribution in [0.1, 0.15) is 21.7 Å². The first kappa shape index (κ1) is 21.0. The summed E-state index contributed by atoms with van der Waals surface area (Å²) in [5.41, 5.74) is 4.77. The maximum absolute atomic E-state index is 13.2. The van der Waals surface area contributed by atoms with E-state index in [1.807, 2.05) is 74.5 Å². The summed E-state index contributed by atoms with van der Waals surface area (Å²) in [6.45, 7) is 3.55. The number of imidazole rings is 1. The molecule has 1 amide bonds. The minimum Gasteiger partial charge on any atom is -0.452 e. The van der Waals surface area contributed by atoms with Gasteiger partial charge in [-0.2, -0.15) is 0 Å². The van der Waals surface area contributed by atoms with E-state index in [0.29, 0.717) is 5.56 Å². The first-order valence-electron chi connectivity index (χ1n) is 10.5. The van der Waals surface area contributed by atoms with Gasteiger partial charge in [0.2, 0.25) is 0 Å². The molecule has 0 fully saturated rings. The molecule has 33 heavy (non-hydrogen) atoms. The third-order valence-corrected chi connectivity index (χ3v) is 6.66. The van der Waals surface area contributed by atoms with Crippen LogP contribution in [0, 0.1) is 13.8 Å². The molecule has 7 heteroatoms. The van der Waals surface area contributed by atoms with E-state index < -0.39 is 5.97 Å². The fraction of sp³-hybridized carbons (Fsp3) is 0.115. The van der Waals surface area contributed by atoms with Crippen LogP contribution in [-0.2, 0) is 9.53 Å². The van der Waals surface area contributed by atoms with Crippen LogP contribution in [0.3, 0.4) is 0 Å². The molecule has 0 saturated carbocycles. The van der Waals surface area contributed by atoms with E-state index in [4.69, 9.17) is 4.74 Å². The van der Waals surface area contributed by atoms with Gasteiger partial charge in [-0.25, -0.2) is 9.78 Å². The second-order valence-corrected chi connectivity index (χ2v) is 8.80. The van der Waals surface area contributed by atoms with E-state index in [1.165, 1.54) is 0 Å². The molecule has 6 nitrogen and oxygen atoms in total. The van der Waals surface area contributed by atoms with Crippen molar-refractivity contribution in [2.24, 2.45) is 0 Å². The van der Waals surface area contributed by atoms with Crippen molar-refractivity contribution in [2.75, 3.05) is 11.5 Å². The molecule has 2 heterocycles. The number of para-hydroxylation sites is 2. The Balaban J connectivity index is 1.31. The quantitative estimate of drug-likeness (QED) is 0.401.